The highest BCUT2D eigenvalue weighted by molar-refractivity contribution is 7.99. The van der Waals surface area contributed by atoms with E-state index in [9.17, 15) is 0 Å². The number of para-hydroxylation sites is 1. The molecule has 2 rings (SSSR count). The number of hydrogen-bond donors (Lipinski definition) is 1. The molecule has 0 aliphatic heterocycles. The van der Waals surface area contributed by atoms with Crippen LogP contribution in [0.5, 0.6) is 5.75 Å². The molecule has 2 N–H and O–H groups in total. The average Bonchev–Trinajstić information content (AvgIpc) is 2.38. The van der Waals surface area contributed by atoms with Crippen LogP contribution in [0.4, 0.5) is 5.82 Å². The average molecular weight is 279 g/mol. The summed E-state index contributed by atoms with van der Waals surface area (Å²) in [5.41, 5.74) is 5.75. The number of ether oxygens (including phenoxy) is 1. The Morgan fingerprint density at radius 1 is 1.22 bits per heavy atom. The number of aromatic nitrogens is 2. The molecule has 0 saturated carbocycles. The maximum Gasteiger partial charge on any atom is 0.190 e. The van der Waals surface area contributed by atoms with Gasteiger partial charge in [0, 0.05) is 6.07 Å². The van der Waals surface area contributed by atoms with Gasteiger partial charge in [-0.3, -0.25) is 0 Å². The second kappa shape index (κ2) is 5.97. The highest BCUT2D eigenvalue weighted by atomic mass is 32.2. The van der Waals surface area contributed by atoms with E-state index in [1.165, 1.54) is 23.5 Å². The van der Waals surface area contributed by atoms with Crippen molar-refractivity contribution in [1.29, 1.82) is 0 Å². The molecule has 1 heterocycles. The second-order valence-electron chi connectivity index (χ2n) is 3.37. The Bertz CT molecular complexity index is 549. The van der Waals surface area contributed by atoms with E-state index in [1.807, 2.05) is 30.5 Å². The molecule has 0 aliphatic rings. The molecule has 0 atom stereocenters. The zero-order valence-electron chi connectivity index (χ0n) is 10.1. The number of thioether (sulfide) groups is 1. The van der Waals surface area contributed by atoms with Gasteiger partial charge in [-0.1, -0.05) is 35.7 Å². The molecule has 94 valence electrons. The fraction of sp³-hybridized carbons (Fsp3) is 0.167. The van der Waals surface area contributed by atoms with Crippen molar-refractivity contribution in [3.63, 3.8) is 0 Å². The topological polar surface area (TPSA) is 61.0 Å². The number of hydrogen-bond acceptors (Lipinski definition) is 6. The first-order valence-corrected chi connectivity index (χ1v) is 7.26. The van der Waals surface area contributed by atoms with E-state index in [4.69, 9.17) is 10.5 Å². The molecule has 18 heavy (non-hydrogen) atoms. The van der Waals surface area contributed by atoms with E-state index < -0.39 is 0 Å². The number of nitrogens with zero attached hydrogens (tertiary/aromatic N) is 2. The minimum Gasteiger partial charge on any atom is -0.496 e. The van der Waals surface area contributed by atoms with Gasteiger partial charge >= 0.3 is 0 Å². The summed E-state index contributed by atoms with van der Waals surface area (Å²) in [6.45, 7) is 0. The van der Waals surface area contributed by atoms with Gasteiger partial charge in [0.15, 0.2) is 5.16 Å². The minimum atomic E-state index is 0.478. The van der Waals surface area contributed by atoms with Crippen LogP contribution in [0, 0.1) is 0 Å². The van der Waals surface area contributed by atoms with Crippen molar-refractivity contribution >= 4 is 29.3 Å². The monoisotopic (exact) mass is 279 g/mol. The van der Waals surface area contributed by atoms with E-state index in [0.29, 0.717) is 11.0 Å². The maximum absolute atomic E-state index is 5.75. The third-order valence-electron chi connectivity index (χ3n) is 2.17. The zero-order valence-corrected chi connectivity index (χ0v) is 11.7. The number of anilines is 1. The van der Waals surface area contributed by atoms with Gasteiger partial charge in [0.25, 0.3) is 0 Å². The third kappa shape index (κ3) is 3.08. The molecular weight excluding hydrogens is 266 g/mol. The number of benzene rings is 1. The normalized spacial score (nSPS) is 10.3. The van der Waals surface area contributed by atoms with Gasteiger partial charge in [0.1, 0.15) is 16.6 Å². The lowest BCUT2D eigenvalue weighted by Crippen LogP contribution is -1.95. The lowest BCUT2D eigenvalue weighted by atomic mass is 10.3. The number of rotatable bonds is 4. The summed E-state index contributed by atoms with van der Waals surface area (Å²) < 4.78 is 5.30. The smallest absolute Gasteiger partial charge is 0.190 e. The van der Waals surface area contributed by atoms with Gasteiger partial charge < -0.3 is 10.5 Å². The SMILES string of the molecule is COc1ccccc1Sc1cc(N)nc(SC)n1. The first-order valence-electron chi connectivity index (χ1n) is 5.22. The van der Waals surface area contributed by atoms with Crippen molar-refractivity contribution in [3.8, 4) is 5.75 Å². The predicted molar refractivity (Wildman–Crippen MR) is 75.3 cm³/mol. The molecule has 0 aliphatic carbocycles. The number of nitrogens with two attached hydrogens (primary N) is 1. The van der Waals surface area contributed by atoms with Crippen LogP contribution in [-0.4, -0.2) is 23.3 Å². The van der Waals surface area contributed by atoms with Gasteiger partial charge in [-0.15, -0.1) is 0 Å². The van der Waals surface area contributed by atoms with Gasteiger partial charge in [-0.05, 0) is 18.4 Å². The number of methoxy groups -OCH3 is 1. The van der Waals surface area contributed by atoms with Crippen molar-refractivity contribution in [1.82, 2.24) is 9.97 Å². The Morgan fingerprint density at radius 2 is 2.00 bits per heavy atom. The Hall–Kier alpha value is -1.40. The van der Waals surface area contributed by atoms with E-state index in [2.05, 4.69) is 9.97 Å². The molecule has 1 aromatic carbocycles. The van der Waals surface area contributed by atoms with Crippen LogP contribution in [-0.2, 0) is 0 Å². The fourth-order valence-electron chi connectivity index (χ4n) is 1.38. The van der Waals surface area contributed by atoms with Crippen LogP contribution in [0.15, 0.2) is 45.4 Å². The first kappa shape index (κ1) is 13.0. The lowest BCUT2D eigenvalue weighted by Gasteiger charge is -2.07. The molecule has 4 nitrogen and oxygen atoms in total. The van der Waals surface area contributed by atoms with Crippen LogP contribution in [0.2, 0.25) is 0 Å². The highest BCUT2D eigenvalue weighted by Crippen LogP contribution is 2.34. The van der Waals surface area contributed by atoms with E-state index in [0.717, 1.165) is 15.7 Å². The van der Waals surface area contributed by atoms with Crippen LogP contribution in [0.3, 0.4) is 0 Å². The molecule has 0 fully saturated rings. The van der Waals surface area contributed by atoms with Crippen molar-refractivity contribution in [3.05, 3.63) is 30.3 Å². The fourth-order valence-corrected chi connectivity index (χ4v) is 2.76. The molecule has 0 saturated heterocycles. The van der Waals surface area contributed by atoms with Gasteiger partial charge in [-0.2, -0.15) is 0 Å². The molecule has 6 heteroatoms. The van der Waals surface area contributed by atoms with Crippen molar-refractivity contribution < 1.29 is 4.74 Å². The van der Waals surface area contributed by atoms with Gasteiger partial charge in [0.2, 0.25) is 0 Å². The van der Waals surface area contributed by atoms with Crippen LogP contribution in [0.25, 0.3) is 0 Å². The van der Waals surface area contributed by atoms with E-state index in [-0.39, 0.29) is 0 Å². The predicted octanol–water partition coefficient (Wildman–Crippen LogP) is 2.94. The molecule has 0 spiro atoms. The zero-order chi connectivity index (χ0) is 13.0. The molecule has 2 aromatic rings. The van der Waals surface area contributed by atoms with Crippen molar-refractivity contribution in [2.45, 2.75) is 15.1 Å². The summed E-state index contributed by atoms with van der Waals surface area (Å²) in [4.78, 5) is 9.53. The number of nitrogen functional groups attached to an aromatic ring is 1. The van der Waals surface area contributed by atoms with Crippen LogP contribution >= 0.6 is 23.5 Å². The summed E-state index contributed by atoms with van der Waals surface area (Å²) >= 11 is 2.98. The molecule has 0 amide bonds. The summed E-state index contributed by atoms with van der Waals surface area (Å²) in [6, 6.07) is 9.56. The van der Waals surface area contributed by atoms with Crippen molar-refractivity contribution in [2.75, 3.05) is 19.1 Å². The largest absolute Gasteiger partial charge is 0.496 e. The Morgan fingerprint density at radius 3 is 2.72 bits per heavy atom. The molecule has 1 aromatic heterocycles. The van der Waals surface area contributed by atoms with Crippen LogP contribution < -0.4 is 10.5 Å². The second-order valence-corrected chi connectivity index (χ2v) is 5.21. The maximum atomic E-state index is 5.75. The van der Waals surface area contributed by atoms with Crippen molar-refractivity contribution in [2.24, 2.45) is 0 Å². The highest BCUT2D eigenvalue weighted by Gasteiger charge is 2.07. The van der Waals surface area contributed by atoms with Gasteiger partial charge in [-0.25, -0.2) is 9.97 Å². The lowest BCUT2D eigenvalue weighted by molar-refractivity contribution is 0.405. The molecule has 0 bridgehead atoms. The third-order valence-corrected chi connectivity index (χ3v) is 3.69. The molecule has 0 radical (unpaired) electrons. The van der Waals surface area contributed by atoms with Gasteiger partial charge in [0.05, 0.1) is 12.0 Å². The molecular formula is C12H13N3OS2. The standard InChI is InChI=1S/C12H13N3OS2/c1-16-8-5-3-4-6-9(8)18-11-7-10(13)14-12(15-11)17-2/h3-7H,1-2H3,(H2,13,14,15). The molecule has 0 unspecified atom stereocenters. The van der Waals surface area contributed by atoms with E-state index >= 15 is 0 Å². The summed E-state index contributed by atoms with van der Waals surface area (Å²) in [5, 5.41) is 1.49. The van der Waals surface area contributed by atoms with Crippen LogP contribution in [0.1, 0.15) is 0 Å². The summed E-state index contributed by atoms with van der Waals surface area (Å²) in [5.74, 6) is 1.30. The van der Waals surface area contributed by atoms with E-state index in [1.54, 1.807) is 13.2 Å². The Kier molecular flexibility index (Phi) is 4.33. The Labute approximate surface area is 114 Å². The quantitative estimate of drug-likeness (QED) is 0.527. The first-order chi connectivity index (χ1) is 8.72. The summed E-state index contributed by atoms with van der Waals surface area (Å²) in [7, 11) is 1.65. The Balaban J connectivity index is 2.30. The summed E-state index contributed by atoms with van der Waals surface area (Å²) in [6.07, 6.45) is 1.92. The minimum absolute atomic E-state index is 0.478.